The van der Waals surface area contributed by atoms with Gasteiger partial charge in [-0.3, -0.25) is 4.79 Å². The van der Waals surface area contributed by atoms with Gasteiger partial charge < -0.3 is 20.5 Å². The molecule has 0 aromatic heterocycles. The Bertz CT molecular complexity index is 1040. The van der Waals surface area contributed by atoms with Crippen LogP contribution in [-0.4, -0.2) is 41.8 Å². The Morgan fingerprint density at radius 1 is 0.971 bits per heavy atom. The molecule has 7 heteroatoms. The SMILES string of the molecule is CC(C)(C)[C@@H](NC(=O)OCC1c2ccccc2-c2ccccc21)C(=O)N[C@@H](CC1CC1)C(=O)O. The summed E-state index contributed by atoms with van der Waals surface area (Å²) in [5.41, 5.74) is 3.83. The first-order valence-electron chi connectivity index (χ1n) is 11.8. The molecule has 2 aromatic carbocycles. The molecule has 34 heavy (non-hydrogen) atoms. The fraction of sp³-hybridized carbons (Fsp3) is 0.444. The van der Waals surface area contributed by atoms with Crippen molar-refractivity contribution < 1.29 is 24.2 Å². The second-order valence-corrected chi connectivity index (χ2v) is 10.3. The third-order valence-electron chi connectivity index (χ3n) is 6.61. The van der Waals surface area contributed by atoms with Crippen LogP contribution in [0, 0.1) is 11.3 Å². The quantitative estimate of drug-likeness (QED) is 0.540. The number of carboxylic acids is 1. The first kappa shape index (κ1) is 23.8. The molecular weight excluding hydrogens is 432 g/mol. The molecule has 1 saturated carbocycles. The summed E-state index contributed by atoms with van der Waals surface area (Å²) in [5, 5.41) is 14.8. The van der Waals surface area contributed by atoms with E-state index in [-0.39, 0.29) is 12.5 Å². The van der Waals surface area contributed by atoms with E-state index in [0.717, 1.165) is 35.1 Å². The summed E-state index contributed by atoms with van der Waals surface area (Å²) in [5.74, 6) is -1.33. The fourth-order valence-electron chi connectivity index (χ4n) is 4.60. The van der Waals surface area contributed by atoms with E-state index in [9.17, 15) is 19.5 Å². The van der Waals surface area contributed by atoms with E-state index in [1.165, 1.54) is 0 Å². The highest BCUT2D eigenvalue weighted by atomic mass is 16.5. The van der Waals surface area contributed by atoms with Crippen LogP contribution in [0.5, 0.6) is 0 Å². The molecule has 2 aliphatic rings. The molecule has 0 spiro atoms. The summed E-state index contributed by atoms with van der Waals surface area (Å²) in [6.45, 7) is 5.59. The zero-order chi connectivity index (χ0) is 24.5. The lowest BCUT2D eigenvalue weighted by atomic mass is 9.86. The Kier molecular flexibility index (Phi) is 6.64. The second kappa shape index (κ2) is 9.49. The first-order chi connectivity index (χ1) is 16.1. The predicted molar refractivity (Wildman–Crippen MR) is 128 cm³/mol. The van der Waals surface area contributed by atoms with Crippen molar-refractivity contribution in [1.82, 2.24) is 10.6 Å². The molecule has 2 atom stereocenters. The Morgan fingerprint density at radius 2 is 1.53 bits per heavy atom. The van der Waals surface area contributed by atoms with Crippen LogP contribution in [0.25, 0.3) is 11.1 Å². The smallest absolute Gasteiger partial charge is 0.407 e. The third kappa shape index (κ3) is 5.24. The van der Waals surface area contributed by atoms with E-state index < -0.39 is 35.5 Å². The summed E-state index contributed by atoms with van der Waals surface area (Å²) in [6.07, 6.45) is 1.68. The van der Waals surface area contributed by atoms with Crippen LogP contribution in [-0.2, 0) is 14.3 Å². The molecule has 7 nitrogen and oxygen atoms in total. The number of hydrogen-bond donors (Lipinski definition) is 3. The van der Waals surface area contributed by atoms with Crippen LogP contribution < -0.4 is 10.6 Å². The van der Waals surface area contributed by atoms with Gasteiger partial charge >= 0.3 is 12.1 Å². The largest absolute Gasteiger partial charge is 0.480 e. The Morgan fingerprint density at radius 3 is 2.03 bits per heavy atom. The molecule has 1 fully saturated rings. The van der Waals surface area contributed by atoms with E-state index in [0.29, 0.717) is 12.3 Å². The number of carbonyl (C=O) groups excluding carboxylic acids is 2. The number of carboxylic acid groups (broad SMARTS) is 1. The molecule has 2 aromatic rings. The Balaban J connectivity index is 1.42. The molecule has 0 aliphatic heterocycles. The van der Waals surface area contributed by atoms with E-state index in [1.807, 2.05) is 57.2 Å². The van der Waals surface area contributed by atoms with E-state index >= 15 is 0 Å². The molecule has 2 aliphatic carbocycles. The van der Waals surface area contributed by atoms with Crippen molar-refractivity contribution in [3.05, 3.63) is 59.7 Å². The number of alkyl carbamates (subject to hydrolysis) is 1. The number of carbonyl (C=O) groups is 3. The average Bonchev–Trinajstić information content (AvgIpc) is 3.55. The van der Waals surface area contributed by atoms with Crippen molar-refractivity contribution in [3.63, 3.8) is 0 Å². The van der Waals surface area contributed by atoms with Crippen LogP contribution in [0.4, 0.5) is 4.79 Å². The van der Waals surface area contributed by atoms with E-state index in [4.69, 9.17) is 4.74 Å². The maximum atomic E-state index is 13.0. The molecule has 0 unspecified atom stereocenters. The van der Waals surface area contributed by atoms with Gasteiger partial charge in [-0.05, 0) is 40.0 Å². The lowest BCUT2D eigenvalue weighted by Gasteiger charge is -2.31. The maximum absolute atomic E-state index is 13.0. The normalized spacial score (nSPS) is 16.7. The summed E-state index contributed by atoms with van der Waals surface area (Å²) in [7, 11) is 0. The highest BCUT2D eigenvalue weighted by Gasteiger charge is 2.37. The minimum absolute atomic E-state index is 0.0880. The van der Waals surface area contributed by atoms with Gasteiger partial charge in [0.25, 0.3) is 0 Å². The number of ether oxygens (including phenoxy) is 1. The second-order valence-electron chi connectivity index (χ2n) is 10.3. The van der Waals surface area contributed by atoms with Crippen molar-refractivity contribution in [1.29, 1.82) is 0 Å². The number of hydrogen-bond acceptors (Lipinski definition) is 4. The lowest BCUT2D eigenvalue weighted by molar-refractivity contribution is -0.142. The number of fused-ring (bicyclic) bond motifs is 3. The summed E-state index contributed by atoms with van der Waals surface area (Å²) < 4.78 is 5.60. The van der Waals surface area contributed by atoms with Crippen molar-refractivity contribution in [2.24, 2.45) is 11.3 Å². The van der Waals surface area contributed by atoms with Gasteiger partial charge in [0.15, 0.2) is 0 Å². The predicted octanol–water partition coefficient (Wildman–Crippen LogP) is 4.31. The molecule has 0 saturated heterocycles. The van der Waals surface area contributed by atoms with Crippen molar-refractivity contribution >= 4 is 18.0 Å². The molecule has 4 rings (SSSR count). The van der Waals surface area contributed by atoms with E-state index in [1.54, 1.807) is 0 Å². The molecule has 0 heterocycles. The Labute approximate surface area is 199 Å². The van der Waals surface area contributed by atoms with Crippen LogP contribution in [0.1, 0.15) is 57.1 Å². The molecule has 3 N–H and O–H groups in total. The molecular formula is C27H32N2O5. The summed E-state index contributed by atoms with van der Waals surface area (Å²) >= 11 is 0. The molecule has 2 amide bonds. The van der Waals surface area contributed by atoms with Gasteiger partial charge in [-0.2, -0.15) is 0 Å². The zero-order valence-corrected chi connectivity index (χ0v) is 19.8. The summed E-state index contributed by atoms with van der Waals surface area (Å²) in [4.78, 5) is 37.4. The molecule has 0 radical (unpaired) electrons. The number of aliphatic carboxylic acids is 1. The zero-order valence-electron chi connectivity index (χ0n) is 19.8. The number of nitrogens with one attached hydrogen (secondary N) is 2. The van der Waals surface area contributed by atoms with Gasteiger partial charge in [-0.15, -0.1) is 0 Å². The maximum Gasteiger partial charge on any atom is 0.407 e. The van der Waals surface area contributed by atoms with Crippen LogP contribution in [0.15, 0.2) is 48.5 Å². The molecule has 0 bridgehead atoms. The number of benzene rings is 2. The average molecular weight is 465 g/mol. The van der Waals surface area contributed by atoms with Crippen molar-refractivity contribution in [3.8, 4) is 11.1 Å². The topological polar surface area (TPSA) is 105 Å². The highest BCUT2D eigenvalue weighted by Crippen LogP contribution is 2.44. The fourth-order valence-corrected chi connectivity index (χ4v) is 4.60. The molecule has 180 valence electrons. The van der Waals surface area contributed by atoms with Crippen molar-refractivity contribution in [2.45, 2.75) is 58.0 Å². The van der Waals surface area contributed by atoms with Crippen molar-refractivity contribution in [2.75, 3.05) is 6.61 Å². The van der Waals surface area contributed by atoms with Gasteiger partial charge in [-0.25, -0.2) is 9.59 Å². The standard InChI is InChI=1S/C27H32N2O5/c1-27(2,3)23(24(30)28-22(25(31)32)14-16-12-13-16)29-26(33)34-15-21-19-10-6-4-8-17(19)18-9-5-7-11-20(18)21/h4-11,16,21-23H,12-15H2,1-3H3,(H,28,30)(H,29,33)(H,31,32)/t22-,23-/m0/s1. The number of rotatable bonds is 8. The lowest BCUT2D eigenvalue weighted by Crippen LogP contribution is -2.56. The minimum atomic E-state index is -1.06. The van der Waals surface area contributed by atoms with Gasteiger partial charge in [0.05, 0.1) is 0 Å². The summed E-state index contributed by atoms with van der Waals surface area (Å²) in [6, 6.07) is 14.2. The Hall–Kier alpha value is -3.35. The van der Waals surface area contributed by atoms with Gasteiger partial charge in [0.1, 0.15) is 18.7 Å². The highest BCUT2D eigenvalue weighted by molar-refractivity contribution is 5.90. The van der Waals surface area contributed by atoms with Crippen LogP contribution >= 0.6 is 0 Å². The third-order valence-corrected chi connectivity index (χ3v) is 6.61. The van der Waals surface area contributed by atoms with Gasteiger partial charge in [-0.1, -0.05) is 82.1 Å². The van der Waals surface area contributed by atoms with E-state index in [2.05, 4.69) is 22.8 Å². The first-order valence-corrected chi connectivity index (χ1v) is 11.8. The monoisotopic (exact) mass is 464 g/mol. The minimum Gasteiger partial charge on any atom is -0.480 e. The van der Waals surface area contributed by atoms with Gasteiger partial charge in [0.2, 0.25) is 5.91 Å². The number of amides is 2. The van der Waals surface area contributed by atoms with Crippen LogP contribution in [0.3, 0.4) is 0 Å². The van der Waals surface area contributed by atoms with Crippen LogP contribution in [0.2, 0.25) is 0 Å². The van der Waals surface area contributed by atoms with Gasteiger partial charge in [0, 0.05) is 5.92 Å².